The second-order valence-electron chi connectivity index (χ2n) is 7.95. The molecule has 0 spiro atoms. The van der Waals surface area contributed by atoms with Crippen molar-refractivity contribution in [3.63, 3.8) is 0 Å². The third-order valence-corrected chi connectivity index (χ3v) is 5.75. The molecule has 1 fully saturated rings. The molecular weight excluding hydrogens is 420 g/mol. The normalized spacial score (nSPS) is 17.4. The van der Waals surface area contributed by atoms with Gasteiger partial charge in [-0.2, -0.15) is 0 Å². The molecule has 1 atom stereocenters. The fourth-order valence-electron chi connectivity index (χ4n) is 4.03. The molecule has 7 heteroatoms. The lowest BCUT2D eigenvalue weighted by molar-refractivity contribution is -0.384. The van der Waals surface area contributed by atoms with E-state index in [4.69, 9.17) is 0 Å². The van der Waals surface area contributed by atoms with Crippen LogP contribution in [-0.4, -0.2) is 33.2 Å². The van der Waals surface area contributed by atoms with Gasteiger partial charge in [-0.25, -0.2) is 0 Å². The SMILES string of the molecule is Cc1ccc(C(O)=C2C(=O)C(=O)N(CCc3ccccc3)C2c2cccc([N+](=O)[O-])c2)cc1. The number of aliphatic hydroxyl groups excluding tert-OH is 1. The molecule has 0 aliphatic carbocycles. The molecule has 166 valence electrons. The van der Waals surface area contributed by atoms with Crippen LogP contribution in [0.15, 0.2) is 84.4 Å². The molecule has 1 aliphatic rings. The van der Waals surface area contributed by atoms with E-state index in [2.05, 4.69) is 0 Å². The Kier molecular flexibility index (Phi) is 6.04. The minimum atomic E-state index is -0.935. The van der Waals surface area contributed by atoms with Crippen LogP contribution in [-0.2, 0) is 16.0 Å². The minimum Gasteiger partial charge on any atom is -0.507 e. The molecule has 3 aromatic rings. The van der Waals surface area contributed by atoms with E-state index in [9.17, 15) is 24.8 Å². The predicted molar refractivity (Wildman–Crippen MR) is 123 cm³/mol. The molecule has 0 aromatic heterocycles. The lowest BCUT2D eigenvalue weighted by Crippen LogP contribution is -2.31. The fraction of sp³-hybridized carbons (Fsp3) is 0.154. The third-order valence-electron chi connectivity index (χ3n) is 5.75. The van der Waals surface area contributed by atoms with Crippen LogP contribution >= 0.6 is 0 Å². The molecule has 1 saturated heterocycles. The number of nitro benzene ring substituents is 1. The highest BCUT2D eigenvalue weighted by Gasteiger charge is 2.46. The number of ketones is 1. The summed E-state index contributed by atoms with van der Waals surface area (Å²) in [5.74, 6) is -1.85. The van der Waals surface area contributed by atoms with Crippen molar-refractivity contribution in [2.45, 2.75) is 19.4 Å². The van der Waals surface area contributed by atoms with Crippen molar-refractivity contribution in [1.29, 1.82) is 0 Å². The van der Waals surface area contributed by atoms with Crippen molar-refractivity contribution in [3.05, 3.63) is 117 Å². The maximum absolute atomic E-state index is 13.1. The smallest absolute Gasteiger partial charge is 0.295 e. The van der Waals surface area contributed by atoms with Crippen molar-refractivity contribution < 1.29 is 19.6 Å². The van der Waals surface area contributed by atoms with Gasteiger partial charge in [0, 0.05) is 24.2 Å². The van der Waals surface area contributed by atoms with Gasteiger partial charge in [0.1, 0.15) is 5.76 Å². The summed E-state index contributed by atoms with van der Waals surface area (Å²) in [6.45, 7) is 2.11. The molecular formula is C26H22N2O5. The summed E-state index contributed by atoms with van der Waals surface area (Å²) in [4.78, 5) is 38.3. The van der Waals surface area contributed by atoms with Gasteiger partial charge in [-0.15, -0.1) is 0 Å². The molecule has 1 N–H and O–H groups in total. The maximum atomic E-state index is 13.1. The van der Waals surface area contributed by atoms with E-state index in [1.54, 1.807) is 30.3 Å². The second kappa shape index (κ2) is 9.08. The Balaban J connectivity index is 1.82. The lowest BCUT2D eigenvalue weighted by Gasteiger charge is -2.25. The molecule has 0 saturated carbocycles. The Labute approximate surface area is 190 Å². The number of hydrogen-bond donors (Lipinski definition) is 1. The van der Waals surface area contributed by atoms with Crippen LogP contribution in [0.2, 0.25) is 0 Å². The highest BCUT2D eigenvalue weighted by molar-refractivity contribution is 6.46. The number of Topliss-reactive ketones (excluding diaryl/α,β-unsaturated/α-hetero) is 1. The van der Waals surface area contributed by atoms with Crippen molar-refractivity contribution in [1.82, 2.24) is 4.90 Å². The van der Waals surface area contributed by atoms with Crippen molar-refractivity contribution in [3.8, 4) is 0 Å². The van der Waals surface area contributed by atoms with Crippen molar-refractivity contribution >= 4 is 23.1 Å². The van der Waals surface area contributed by atoms with Gasteiger partial charge in [0.15, 0.2) is 0 Å². The molecule has 3 aromatic carbocycles. The van der Waals surface area contributed by atoms with E-state index in [0.717, 1.165) is 11.1 Å². The van der Waals surface area contributed by atoms with E-state index < -0.39 is 22.7 Å². The number of likely N-dealkylation sites (tertiary alicyclic amines) is 1. The van der Waals surface area contributed by atoms with E-state index in [-0.39, 0.29) is 23.6 Å². The van der Waals surface area contributed by atoms with E-state index in [0.29, 0.717) is 17.5 Å². The first-order valence-electron chi connectivity index (χ1n) is 10.5. The molecule has 0 bridgehead atoms. The fourth-order valence-corrected chi connectivity index (χ4v) is 4.03. The Hall–Kier alpha value is -4.26. The molecule has 1 heterocycles. The number of nitrogens with zero attached hydrogens (tertiary/aromatic N) is 2. The standard InChI is InChI=1S/C26H22N2O5/c1-17-10-12-19(13-11-17)24(29)22-23(20-8-5-9-21(16-20)28(32)33)27(26(31)25(22)30)15-14-18-6-3-2-4-7-18/h2-13,16,23,29H,14-15H2,1H3. The first-order valence-corrected chi connectivity index (χ1v) is 10.5. The molecule has 4 rings (SSSR count). The van der Waals surface area contributed by atoms with Crippen LogP contribution in [0.3, 0.4) is 0 Å². The zero-order valence-corrected chi connectivity index (χ0v) is 18.0. The van der Waals surface area contributed by atoms with Gasteiger partial charge in [0.05, 0.1) is 16.5 Å². The van der Waals surface area contributed by atoms with Gasteiger partial charge in [0.25, 0.3) is 17.4 Å². The van der Waals surface area contributed by atoms with Crippen LogP contribution < -0.4 is 0 Å². The number of amides is 1. The summed E-state index contributed by atoms with van der Waals surface area (Å²) in [6.07, 6.45) is 0.490. The first kappa shape index (κ1) is 22.0. The number of nitro groups is 1. The van der Waals surface area contributed by atoms with Gasteiger partial charge in [-0.05, 0) is 24.5 Å². The number of aliphatic hydroxyl groups is 1. The quantitative estimate of drug-likeness (QED) is 0.198. The van der Waals surface area contributed by atoms with Crippen LogP contribution in [0, 0.1) is 17.0 Å². The highest BCUT2D eigenvalue weighted by atomic mass is 16.6. The lowest BCUT2D eigenvalue weighted by atomic mass is 9.94. The average molecular weight is 442 g/mol. The molecule has 33 heavy (non-hydrogen) atoms. The number of carbonyl (C=O) groups excluding carboxylic acids is 2. The average Bonchev–Trinajstić information content (AvgIpc) is 3.08. The maximum Gasteiger partial charge on any atom is 0.295 e. The molecule has 1 amide bonds. The number of carbonyl (C=O) groups is 2. The van der Waals surface area contributed by atoms with E-state index in [1.807, 2.05) is 37.3 Å². The summed E-state index contributed by atoms with van der Waals surface area (Å²) < 4.78 is 0. The summed E-state index contributed by atoms with van der Waals surface area (Å²) in [6, 6.07) is 21.3. The number of non-ortho nitro benzene ring substituents is 1. The van der Waals surface area contributed by atoms with E-state index >= 15 is 0 Å². The summed E-state index contributed by atoms with van der Waals surface area (Å²) >= 11 is 0. The molecule has 0 radical (unpaired) electrons. The Morgan fingerprint density at radius 1 is 1.00 bits per heavy atom. The number of rotatable bonds is 6. The Morgan fingerprint density at radius 3 is 2.36 bits per heavy atom. The van der Waals surface area contributed by atoms with E-state index in [1.165, 1.54) is 23.1 Å². The summed E-state index contributed by atoms with van der Waals surface area (Å²) in [7, 11) is 0. The van der Waals surface area contributed by atoms with Crippen LogP contribution in [0.1, 0.15) is 28.3 Å². The van der Waals surface area contributed by atoms with Crippen molar-refractivity contribution in [2.24, 2.45) is 0 Å². The van der Waals surface area contributed by atoms with Gasteiger partial charge in [-0.1, -0.05) is 72.3 Å². The number of aryl methyl sites for hydroxylation is 1. The van der Waals surface area contributed by atoms with Gasteiger partial charge in [0.2, 0.25) is 0 Å². The second-order valence-corrected chi connectivity index (χ2v) is 7.95. The predicted octanol–water partition coefficient (Wildman–Crippen LogP) is 4.57. The molecule has 7 nitrogen and oxygen atoms in total. The number of benzene rings is 3. The molecule has 1 aliphatic heterocycles. The minimum absolute atomic E-state index is 0.0718. The van der Waals surface area contributed by atoms with Gasteiger partial charge >= 0.3 is 0 Å². The van der Waals surface area contributed by atoms with Gasteiger partial charge < -0.3 is 10.0 Å². The topological polar surface area (TPSA) is 101 Å². The summed E-state index contributed by atoms with van der Waals surface area (Å²) in [5, 5.41) is 22.4. The van der Waals surface area contributed by atoms with Crippen LogP contribution in [0.25, 0.3) is 5.76 Å². The first-order chi connectivity index (χ1) is 15.9. The summed E-state index contributed by atoms with van der Waals surface area (Å²) in [5.41, 5.74) is 2.52. The third kappa shape index (κ3) is 4.39. The molecule has 1 unspecified atom stereocenters. The van der Waals surface area contributed by atoms with Crippen LogP contribution in [0.5, 0.6) is 0 Å². The Bertz CT molecular complexity index is 1250. The number of hydrogen-bond acceptors (Lipinski definition) is 5. The monoisotopic (exact) mass is 442 g/mol. The van der Waals surface area contributed by atoms with Crippen LogP contribution in [0.4, 0.5) is 5.69 Å². The largest absolute Gasteiger partial charge is 0.507 e. The van der Waals surface area contributed by atoms with Gasteiger partial charge in [-0.3, -0.25) is 19.7 Å². The zero-order chi connectivity index (χ0) is 23.5. The van der Waals surface area contributed by atoms with Crippen molar-refractivity contribution in [2.75, 3.05) is 6.54 Å². The Morgan fingerprint density at radius 2 is 1.70 bits per heavy atom. The highest BCUT2D eigenvalue weighted by Crippen LogP contribution is 2.40. The zero-order valence-electron chi connectivity index (χ0n) is 18.0.